The first kappa shape index (κ1) is 10.7. The first-order chi connectivity index (χ1) is 8.33. The summed E-state index contributed by atoms with van der Waals surface area (Å²) in [5.41, 5.74) is 1.05. The lowest BCUT2D eigenvalue weighted by molar-refractivity contribution is 1.07. The molecule has 84 valence electrons. The molecule has 3 rings (SSSR count). The van der Waals surface area contributed by atoms with Crippen LogP contribution >= 0.6 is 27.3 Å². The molecule has 1 aromatic heterocycles. The maximum absolute atomic E-state index is 4.03. The normalized spacial score (nSPS) is 10.6. The number of hydrogen-bond donors (Lipinski definition) is 1. The molecule has 0 fully saturated rings. The number of benzene rings is 2. The van der Waals surface area contributed by atoms with Gasteiger partial charge in [-0.1, -0.05) is 47.7 Å². The van der Waals surface area contributed by atoms with Gasteiger partial charge in [-0.15, -0.1) is 10.2 Å². The second kappa shape index (κ2) is 4.43. The lowest BCUT2D eigenvalue weighted by atomic mass is 10.1. The van der Waals surface area contributed by atoms with Crippen LogP contribution in [0.15, 0.2) is 46.4 Å². The number of nitrogens with one attached hydrogen (secondary N) is 1. The van der Waals surface area contributed by atoms with E-state index < -0.39 is 0 Å². The molecule has 0 radical (unpaired) electrons. The van der Waals surface area contributed by atoms with Crippen LogP contribution in [0.4, 0.5) is 10.8 Å². The minimum atomic E-state index is 0.778. The Bertz CT molecular complexity index is 660. The average molecular weight is 306 g/mol. The Kier molecular flexibility index (Phi) is 2.78. The van der Waals surface area contributed by atoms with Crippen LogP contribution in [0, 0.1) is 0 Å². The molecule has 0 aliphatic heterocycles. The molecule has 0 unspecified atom stereocenters. The molecule has 3 nitrogen and oxygen atoms in total. The van der Waals surface area contributed by atoms with Gasteiger partial charge in [-0.05, 0) is 27.4 Å². The molecule has 0 saturated heterocycles. The molecule has 3 aromatic rings. The van der Waals surface area contributed by atoms with E-state index in [2.05, 4.69) is 49.6 Å². The van der Waals surface area contributed by atoms with Gasteiger partial charge in [0.05, 0.1) is 0 Å². The molecule has 1 N–H and O–H groups in total. The Balaban J connectivity index is 2.05. The highest BCUT2D eigenvalue weighted by atomic mass is 79.9. The van der Waals surface area contributed by atoms with Crippen molar-refractivity contribution < 1.29 is 0 Å². The number of nitrogens with zero attached hydrogens (tertiary/aromatic N) is 2. The monoisotopic (exact) mass is 305 g/mol. The van der Waals surface area contributed by atoms with E-state index in [-0.39, 0.29) is 0 Å². The van der Waals surface area contributed by atoms with Crippen LogP contribution in [0.5, 0.6) is 0 Å². The summed E-state index contributed by atoms with van der Waals surface area (Å²) in [7, 11) is 0. The van der Waals surface area contributed by atoms with Gasteiger partial charge in [-0.2, -0.15) is 0 Å². The van der Waals surface area contributed by atoms with Gasteiger partial charge >= 0.3 is 0 Å². The maximum Gasteiger partial charge on any atom is 0.210 e. The topological polar surface area (TPSA) is 37.8 Å². The van der Waals surface area contributed by atoms with Crippen molar-refractivity contribution in [1.29, 1.82) is 0 Å². The van der Waals surface area contributed by atoms with E-state index in [9.17, 15) is 0 Å². The van der Waals surface area contributed by atoms with Crippen LogP contribution in [0.2, 0.25) is 0 Å². The molecule has 2 aromatic carbocycles. The molecule has 0 saturated carbocycles. The summed E-state index contributed by atoms with van der Waals surface area (Å²) in [6, 6.07) is 14.4. The fourth-order valence-corrected chi connectivity index (χ4v) is 2.73. The predicted molar refractivity (Wildman–Crippen MR) is 74.8 cm³/mol. The fraction of sp³-hybridized carbons (Fsp3) is 0. The third kappa shape index (κ3) is 2.16. The summed E-state index contributed by atoms with van der Waals surface area (Å²) in [4.78, 5) is 0. The molecule has 0 amide bonds. The maximum atomic E-state index is 4.03. The van der Waals surface area contributed by atoms with Crippen molar-refractivity contribution in [3.63, 3.8) is 0 Å². The van der Waals surface area contributed by atoms with Crippen molar-refractivity contribution in [3.8, 4) is 0 Å². The Labute approximate surface area is 111 Å². The summed E-state index contributed by atoms with van der Waals surface area (Å²) in [5, 5.41) is 14.4. The molecule has 0 atom stereocenters. The van der Waals surface area contributed by atoms with Crippen LogP contribution < -0.4 is 5.32 Å². The van der Waals surface area contributed by atoms with E-state index in [0.29, 0.717) is 0 Å². The molecule has 0 bridgehead atoms. The largest absolute Gasteiger partial charge is 0.330 e. The van der Waals surface area contributed by atoms with Gasteiger partial charge in [-0.3, -0.25) is 0 Å². The third-order valence-corrected chi connectivity index (χ3v) is 3.70. The van der Waals surface area contributed by atoms with E-state index in [1.165, 1.54) is 22.1 Å². The van der Waals surface area contributed by atoms with Crippen molar-refractivity contribution in [2.75, 3.05) is 5.32 Å². The smallest absolute Gasteiger partial charge is 0.210 e. The first-order valence-electron chi connectivity index (χ1n) is 5.07. The number of anilines is 2. The van der Waals surface area contributed by atoms with Crippen molar-refractivity contribution >= 4 is 48.9 Å². The van der Waals surface area contributed by atoms with Crippen molar-refractivity contribution in [3.05, 3.63) is 46.4 Å². The molecular weight excluding hydrogens is 298 g/mol. The van der Waals surface area contributed by atoms with Gasteiger partial charge in [0.15, 0.2) is 3.92 Å². The number of halogens is 1. The highest BCUT2D eigenvalue weighted by Gasteiger charge is 2.04. The van der Waals surface area contributed by atoms with E-state index in [0.717, 1.165) is 14.7 Å². The highest BCUT2D eigenvalue weighted by Crippen LogP contribution is 2.28. The number of hydrogen-bond acceptors (Lipinski definition) is 4. The van der Waals surface area contributed by atoms with Gasteiger partial charge in [-0.25, -0.2) is 0 Å². The van der Waals surface area contributed by atoms with Crippen molar-refractivity contribution in [2.45, 2.75) is 0 Å². The molecular formula is C12H8BrN3S. The molecule has 0 aliphatic carbocycles. The summed E-state index contributed by atoms with van der Waals surface area (Å²) in [6.45, 7) is 0. The minimum Gasteiger partial charge on any atom is -0.330 e. The van der Waals surface area contributed by atoms with E-state index in [1.807, 2.05) is 24.3 Å². The Morgan fingerprint density at radius 1 is 1.00 bits per heavy atom. The lowest BCUT2D eigenvalue weighted by Crippen LogP contribution is -1.90. The van der Waals surface area contributed by atoms with Crippen molar-refractivity contribution in [1.82, 2.24) is 10.2 Å². The lowest BCUT2D eigenvalue weighted by Gasteiger charge is -2.06. The van der Waals surface area contributed by atoms with Gasteiger partial charge in [0.1, 0.15) is 0 Å². The standard InChI is InChI=1S/C12H8BrN3S/c13-11-15-16-12(17-11)14-10-7-3-5-8-4-1-2-6-9(8)10/h1-7H,(H,14,16). The molecule has 1 heterocycles. The first-order valence-corrected chi connectivity index (χ1v) is 6.68. The average Bonchev–Trinajstić information content (AvgIpc) is 2.75. The molecule has 5 heteroatoms. The van der Waals surface area contributed by atoms with Gasteiger partial charge < -0.3 is 5.32 Å². The summed E-state index contributed by atoms with van der Waals surface area (Å²) >= 11 is 4.77. The summed E-state index contributed by atoms with van der Waals surface area (Å²) < 4.78 is 0.778. The van der Waals surface area contributed by atoms with Crippen LogP contribution in [0.1, 0.15) is 0 Å². The van der Waals surface area contributed by atoms with E-state index in [4.69, 9.17) is 0 Å². The molecule has 0 aliphatic rings. The van der Waals surface area contributed by atoms with Gasteiger partial charge in [0.25, 0.3) is 0 Å². The fourth-order valence-electron chi connectivity index (χ4n) is 1.71. The van der Waals surface area contributed by atoms with Crippen LogP contribution in [-0.2, 0) is 0 Å². The van der Waals surface area contributed by atoms with Crippen LogP contribution in [-0.4, -0.2) is 10.2 Å². The van der Waals surface area contributed by atoms with Gasteiger partial charge in [0.2, 0.25) is 5.13 Å². The highest BCUT2D eigenvalue weighted by molar-refractivity contribution is 9.11. The zero-order valence-electron chi connectivity index (χ0n) is 8.72. The summed E-state index contributed by atoms with van der Waals surface area (Å²) in [5.74, 6) is 0. The molecule has 17 heavy (non-hydrogen) atoms. The third-order valence-electron chi connectivity index (χ3n) is 2.43. The zero-order chi connectivity index (χ0) is 11.7. The van der Waals surface area contributed by atoms with Crippen LogP contribution in [0.3, 0.4) is 0 Å². The second-order valence-electron chi connectivity index (χ2n) is 3.51. The number of rotatable bonds is 2. The summed E-state index contributed by atoms with van der Waals surface area (Å²) in [6.07, 6.45) is 0. The SMILES string of the molecule is Brc1nnc(Nc2cccc3ccccc23)s1. The number of aromatic nitrogens is 2. The minimum absolute atomic E-state index is 0.778. The second-order valence-corrected chi connectivity index (χ2v) is 5.77. The number of fused-ring (bicyclic) bond motifs is 1. The Morgan fingerprint density at radius 2 is 1.82 bits per heavy atom. The zero-order valence-corrected chi connectivity index (χ0v) is 11.1. The van der Waals surface area contributed by atoms with E-state index in [1.54, 1.807) is 0 Å². The van der Waals surface area contributed by atoms with Crippen LogP contribution in [0.25, 0.3) is 10.8 Å². The van der Waals surface area contributed by atoms with Gasteiger partial charge in [0, 0.05) is 11.1 Å². The quantitative estimate of drug-likeness (QED) is 0.771. The van der Waals surface area contributed by atoms with E-state index >= 15 is 0 Å². The predicted octanol–water partition coefficient (Wildman–Crippen LogP) is 4.20. The Hall–Kier alpha value is -1.46. The molecule has 0 spiro atoms. The van der Waals surface area contributed by atoms with Crippen molar-refractivity contribution in [2.24, 2.45) is 0 Å². The Morgan fingerprint density at radius 3 is 2.65 bits per heavy atom.